The van der Waals surface area contributed by atoms with Gasteiger partial charge in [0.2, 0.25) is 0 Å². The Morgan fingerprint density at radius 1 is 1.45 bits per heavy atom. The predicted molar refractivity (Wildman–Crippen MR) is 72.8 cm³/mol. The number of aromatic nitrogens is 1. The standard InChI is InChI=1S/C15H14N2O3/c1-11-9-14(17-20-11)15(19)16-10-13-6-3-2-5-12(13)7-4-8-18/h2-3,5-6,9,18H,8,10H2,1H3,(H,16,19). The fourth-order valence-electron chi connectivity index (χ4n) is 1.67. The number of aliphatic hydroxyl groups excluding tert-OH is 1. The molecule has 0 aliphatic heterocycles. The third kappa shape index (κ3) is 3.46. The molecule has 0 spiro atoms. The lowest BCUT2D eigenvalue weighted by Crippen LogP contribution is -2.23. The maximum Gasteiger partial charge on any atom is 0.273 e. The summed E-state index contributed by atoms with van der Waals surface area (Å²) < 4.78 is 4.85. The number of rotatable bonds is 3. The number of nitrogens with zero attached hydrogens (tertiary/aromatic N) is 1. The second kappa shape index (κ2) is 6.55. The lowest BCUT2D eigenvalue weighted by Gasteiger charge is -2.05. The molecule has 1 amide bonds. The van der Waals surface area contributed by atoms with Gasteiger partial charge in [-0.05, 0) is 18.6 Å². The van der Waals surface area contributed by atoms with E-state index in [1.54, 1.807) is 13.0 Å². The van der Waals surface area contributed by atoms with Crippen molar-refractivity contribution in [2.24, 2.45) is 0 Å². The van der Waals surface area contributed by atoms with Crippen LogP contribution in [0.1, 0.15) is 27.4 Å². The van der Waals surface area contributed by atoms with E-state index >= 15 is 0 Å². The number of benzene rings is 1. The number of hydrogen-bond acceptors (Lipinski definition) is 4. The van der Waals surface area contributed by atoms with E-state index in [-0.39, 0.29) is 18.2 Å². The molecule has 102 valence electrons. The molecular weight excluding hydrogens is 256 g/mol. The maximum absolute atomic E-state index is 11.8. The summed E-state index contributed by atoms with van der Waals surface area (Å²) in [5, 5.41) is 15.1. The first-order chi connectivity index (χ1) is 9.70. The van der Waals surface area contributed by atoms with E-state index in [0.717, 1.165) is 11.1 Å². The number of amides is 1. The van der Waals surface area contributed by atoms with Gasteiger partial charge >= 0.3 is 0 Å². The van der Waals surface area contributed by atoms with Gasteiger partial charge in [-0.3, -0.25) is 4.79 Å². The average molecular weight is 270 g/mol. The van der Waals surface area contributed by atoms with E-state index < -0.39 is 0 Å². The Kier molecular flexibility index (Phi) is 4.53. The summed E-state index contributed by atoms with van der Waals surface area (Å²) >= 11 is 0. The van der Waals surface area contributed by atoms with Crippen LogP contribution in [-0.4, -0.2) is 22.8 Å². The van der Waals surface area contributed by atoms with Crippen LogP contribution in [0.15, 0.2) is 34.9 Å². The summed E-state index contributed by atoms with van der Waals surface area (Å²) in [4.78, 5) is 11.8. The zero-order valence-corrected chi connectivity index (χ0v) is 11.0. The summed E-state index contributed by atoms with van der Waals surface area (Å²) in [6.45, 7) is 1.86. The first kappa shape index (κ1) is 13.8. The molecule has 0 aliphatic carbocycles. The first-order valence-corrected chi connectivity index (χ1v) is 6.10. The van der Waals surface area contributed by atoms with Crippen LogP contribution in [0, 0.1) is 18.8 Å². The van der Waals surface area contributed by atoms with Gasteiger partial charge in [-0.15, -0.1) is 0 Å². The number of nitrogens with one attached hydrogen (secondary N) is 1. The predicted octanol–water partition coefficient (Wildman–Crippen LogP) is 1.26. The fourth-order valence-corrected chi connectivity index (χ4v) is 1.67. The number of aryl methyl sites for hydroxylation is 1. The van der Waals surface area contributed by atoms with Gasteiger partial charge in [0, 0.05) is 18.2 Å². The van der Waals surface area contributed by atoms with Crippen molar-refractivity contribution in [1.82, 2.24) is 10.5 Å². The number of hydrogen-bond donors (Lipinski definition) is 2. The van der Waals surface area contributed by atoms with Crippen molar-refractivity contribution in [2.45, 2.75) is 13.5 Å². The molecule has 1 aromatic heterocycles. The molecule has 1 aromatic carbocycles. The molecule has 0 fully saturated rings. The van der Waals surface area contributed by atoms with E-state index in [2.05, 4.69) is 22.3 Å². The van der Waals surface area contributed by atoms with Crippen LogP contribution in [0.25, 0.3) is 0 Å². The minimum Gasteiger partial charge on any atom is -0.384 e. The third-order valence-electron chi connectivity index (χ3n) is 2.62. The van der Waals surface area contributed by atoms with Crippen LogP contribution in [0.5, 0.6) is 0 Å². The Labute approximate surface area is 116 Å². The highest BCUT2D eigenvalue weighted by Crippen LogP contribution is 2.08. The summed E-state index contributed by atoms with van der Waals surface area (Å²) in [7, 11) is 0. The third-order valence-corrected chi connectivity index (χ3v) is 2.62. The molecule has 0 bridgehead atoms. The minimum atomic E-state index is -0.299. The molecular formula is C15H14N2O3. The van der Waals surface area contributed by atoms with Gasteiger partial charge in [0.15, 0.2) is 5.69 Å². The SMILES string of the molecule is Cc1cc(C(=O)NCc2ccccc2C#CCO)no1. The second-order valence-electron chi connectivity index (χ2n) is 4.12. The first-order valence-electron chi connectivity index (χ1n) is 6.10. The van der Waals surface area contributed by atoms with Gasteiger partial charge in [0.1, 0.15) is 12.4 Å². The van der Waals surface area contributed by atoms with Crippen molar-refractivity contribution in [3.63, 3.8) is 0 Å². The van der Waals surface area contributed by atoms with Gasteiger partial charge in [0.05, 0.1) is 0 Å². The van der Waals surface area contributed by atoms with Crippen LogP contribution in [0.3, 0.4) is 0 Å². The zero-order chi connectivity index (χ0) is 14.4. The Morgan fingerprint density at radius 2 is 2.25 bits per heavy atom. The van der Waals surface area contributed by atoms with E-state index in [1.165, 1.54) is 0 Å². The molecule has 0 unspecified atom stereocenters. The largest absolute Gasteiger partial charge is 0.384 e. The number of carbonyl (C=O) groups is 1. The summed E-state index contributed by atoms with van der Waals surface area (Å²) in [5.41, 5.74) is 1.90. The van der Waals surface area contributed by atoms with Crippen molar-refractivity contribution >= 4 is 5.91 Å². The molecule has 2 rings (SSSR count). The van der Waals surface area contributed by atoms with Gasteiger partial charge in [0.25, 0.3) is 5.91 Å². The molecule has 0 aliphatic rings. The van der Waals surface area contributed by atoms with Crippen molar-refractivity contribution in [3.8, 4) is 11.8 Å². The molecule has 5 heteroatoms. The zero-order valence-electron chi connectivity index (χ0n) is 11.0. The van der Waals surface area contributed by atoms with Crippen molar-refractivity contribution in [1.29, 1.82) is 0 Å². The molecule has 0 atom stereocenters. The molecule has 2 aromatic rings. The van der Waals surface area contributed by atoms with E-state index in [9.17, 15) is 4.79 Å². The normalized spacial score (nSPS) is 9.70. The summed E-state index contributed by atoms with van der Waals surface area (Å²) in [6, 6.07) is 9.01. The Morgan fingerprint density at radius 3 is 2.95 bits per heavy atom. The lowest BCUT2D eigenvalue weighted by molar-refractivity contribution is 0.0942. The van der Waals surface area contributed by atoms with Gasteiger partial charge in [-0.1, -0.05) is 35.2 Å². The molecule has 1 heterocycles. The van der Waals surface area contributed by atoms with Crippen LogP contribution in [-0.2, 0) is 6.54 Å². The molecule has 2 N–H and O–H groups in total. The summed E-state index contributed by atoms with van der Waals surface area (Å²) in [5.74, 6) is 5.73. The quantitative estimate of drug-likeness (QED) is 0.823. The summed E-state index contributed by atoms with van der Waals surface area (Å²) in [6.07, 6.45) is 0. The molecule has 5 nitrogen and oxygen atoms in total. The molecule has 0 saturated heterocycles. The molecule has 20 heavy (non-hydrogen) atoms. The highest BCUT2D eigenvalue weighted by Gasteiger charge is 2.10. The lowest BCUT2D eigenvalue weighted by atomic mass is 10.1. The highest BCUT2D eigenvalue weighted by molar-refractivity contribution is 5.92. The van der Waals surface area contributed by atoms with Gasteiger partial charge in [-0.2, -0.15) is 0 Å². The van der Waals surface area contributed by atoms with Crippen LogP contribution >= 0.6 is 0 Å². The van der Waals surface area contributed by atoms with Gasteiger partial charge < -0.3 is 14.9 Å². The number of aliphatic hydroxyl groups is 1. The average Bonchev–Trinajstić information content (AvgIpc) is 2.90. The maximum atomic E-state index is 11.8. The molecule has 0 saturated carbocycles. The van der Waals surface area contributed by atoms with Crippen molar-refractivity contribution in [2.75, 3.05) is 6.61 Å². The molecule has 0 radical (unpaired) electrons. The topological polar surface area (TPSA) is 75.4 Å². The minimum absolute atomic E-state index is 0.196. The smallest absolute Gasteiger partial charge is 0.273 e. The van der Waals surface area contributed by atoms with Crippen molar-refractivity contribution < 1.29 is 14.4 Å². The van der Waals surface area contributed by atoms with E-state index in [0.29, 0.717) is 12.3 Å². The van der Waals surface area contributed by atoms with Crippen molar-refractivity contribution in [3.05, 3.63) is 52.9 Å². The van der Waals surface area contributed by atoms with E-state index in [4.69, 9.17) is 9.63 Å². The van der Waals surface area contributed by atoms with Gasteiger partial charge in [-0.25, -0.2) is 0 Å². The Hall–Kier alpha value is -2.58. The van der Waals surface area contributed by atoms with Crippen LogP contribution in [0.2, 0.25) is 0 Å². The monoisotopic (exact) mass is 270 g/mol. The second-order valence-corrected chi connectivity index (χ2v) is 4.12. The highest BCUT2D eigenvalue weighted by atomic mass is 16.5. The number of carbonyl (C=O) groups excluding carboxylic acids is 1. The Balaban J connectivity index is 2.06. The van der Waals surface area contributed by atoms with Crippen LogP contribution < -0.4 is 5.32 Å². The van der Waals surface area contributed by atoms with Crippen LogP contribution in [0.4, 0.5) is 0 Å². The Bertz CT molecular complexity index is 665. The van der Waals surface area contributed by atoms with E-state index in [1.807, 2.05) is 24.3 Å². The fraction of sp³-hybridized carbons (Fsp3) is 0.200.